The Hall–Kier alpha value is -3.97. The average molecular weight is 632 g/mol. The van der Waals surface area contributed by atoms with Crippen molar-refractivity contribution in [1.82, 2.24) is 34.2 Å². The summed E-state index contributed by atoms with van der Waals surface area (Å²) in [5.41, 5.74) is 8.10. The average Bonchev–Trinajstić information content (AvgIpc) is 3.63. The van der Waals surface area contributed by atoms with Gasteiger partial charge < -0.3 is 15.2 Å². The molecule has 0 bridgehead atoms. The number of hydroxylamine groups is 1. The minimum absolute atomic E-state index is 0. The van der Waals surface area contributed by atoms with Gasteiger partial charge >= 0.3 is 29.6 Å². The molecule has 0 atom stereocenters. The number of anilines is 1. The van der Waals surface area contributed by atoms with Gasteiger partial charge in [-0.05, 0) is 34.6 Å². The fraction of sp³-hybridized carbons (Fsp3) is 0.231. The summed E-state index contributed by atoms with van der Waals surface area (Å²) >= 11 is 0. The van der Waals surface area contributed by atoms with Crippen molar-refractivity contribution in [3.8, 4) is 28.8 Å². The van der Waals surface area contributed by atoms with E-state index in [9.17, 15) is 13.3 Å². The number of pyridine rings is 1. The molecule has 5 aromatic rings. The number of fused-ring (bicyclic) bond motifs is 1. The molecule has 2 N–H and O–H groups in total. The number of hydrogen-bond acceptors (Lipinski definition) is 14. The number of imidazole rings is 1. The molecule has 0 aliphatic carbocycles. The van der Waals surface area contributed by atoms with Gasteiger partial charge in [0.05, 0.1) is 36.4 Å². The molecule has 44 heavy (non-hydrogen) atoms. The summed E-state index contributed by atoms with van der Waals surface area (Å²) < 4.78 is 45.2. The summed E-state index contributed by atoms with van der Waals surface area (Å²) in [6.45, 7) is 2.56. The van der Waals surface area contributed by atoms with Crippen LogP contribution in [0.2, 0.25) is 0 Å². The fourth-order valence-electron chi connectivity index (χ4n) is 4.59. The molecule has 3 aromatic heterocycles. The minimum atomic E-state index is -4.27. The Balaban J connectivity index is 0.00000384. The molecule has 1 aliphatic rings. The van der Waals surface area contributed by atoms with Crippen LogP contribution in [0.3, 0.4) is 0 Å². The predicted molar refractivity (Wildman–Crippen MR) is 158 cm³/mol. The third kappa shape index (κ3) is 6.58. The van der Waals surface area contributed by atoms with E-state index in [-0.39, 0.29) is 64.1 Å². The number of morpholine rings is 1. The van der Waals surface area contributed by atoms with Gasteiger partial charge in [-0.1, -0.05) is 24.3 Å². The zero-order chi connectivity index (χ0) is 29.8. The molecule has 2 aromatic carbocycles. The molecule has 18 heteroatoms. The second-order valence-electron chi connectivity index (χ2n) is 9.33. The van der Waals surface area contributed by atoms with Gasteiger partial charge in [-0.2, -0.15) is 0 Å². The topological polar surface area (TPSA) is 193 Å². The molecule has 0 amide bonds. The van der Waals surface area contributed by atoms with Gasteiger partial charge in [0.15, 0.2) is 22.7 Å². The molecule has 0 radical (unpaired) electrons. The number of sulfonamides is 1. The van der Waals surface area contributed by atoms with E-state index in [1.54, 1.807) is 16.7 Å². The SMILES string of the molecule is Nc1nonc1-c1nc2cnc(Oc3cccc(S(=O)(=O)N(CCN4CCOCC4)ON=O)c3)cc2n1-c1ccccc1.[NaH]. The van der Waals surface area contributed by atoms with Crippen LogP contribution in [0, 0.1) is 4.91 Å². The molecule has 4 heterocycles. The zero-order valence-electron chi connectivity index (χ0n) is 22.5. The van der Waals surface area contributed by atoms with Gasteiger partial charge in [0.2, 0.25) is 5.88 Å². The van der Waals surface area contributed by atoms with E-state index in [4.69, 9.17) is 19.8 Å². The Morgan fingerprint density at radius 2 is 1.84 bits per heavy atom. The van der Waals surface area contributed by atoms with Crippen molar-refractivity contribution in [3.63, 3.8) is 0 Å². The molecule has 1 aliphatic heterocycles. The van der Waals surface area contributed by atoms with E-state index in [0.29, 0.717) is 54.2 Å². The van der Waals surface area contributed by atoms with Crippen molar-refractivity contribution < 1.29 is 27.5 Å². The number of para-hydroxylation sites is 1. The van der Waals surface area contributed by atoms with Crippen LogP contribution in [0.15, 0.2) is 81.7 Å². The van der Waals surface area contributed by atoms with E-state index in [2.05, 4.69) is 30.6 Å². The van der Waals surface area contributed by atoms with Crippen LogP contribution in [0.1, 0.15) is 0 Å². The zero-order valence-corrected chi connectivity index (χ0v) is 23.3. The Labute approximate surface area is 272 Å². The van der Waals surface area contributed by atoms with Gasteiger partial charge in [-0.25, -0.2) is 28.0 Å². The van der Waals surface area contributed by atoms with Crippen LogP contribution in [-0.2, 0) is 19.7 Å². The number of benzene rings is 2. The van der Waals surface area contributed by atoms with Crippen LogP contribution >= 0.6 is 0 Å². The Kier molecular flexibility index (Phi) is 9.84. The Morgan fingerprint density at radius 3 is 2.57 bits per heavy atom. The Morgan fingerprint density at radius 1 is 1.05 bits per heavy atom. The Bertz CT molecular complexity index is 1850. The van der Waals surface area contributed by atoms with Crippen LogP contribution in [0.4, 0.5) is 5.82 Å². The van der Waals surface area contributed by atoms with Crippen molar-refractivity contribution in [3.05, 3.63) is 71.8 Å². The van der Waals surface area contributed by atoms with Gasteiger partial charge in [0.1, 0.15) is 11.3 Å². The number of aromatic nitrogens is 5. The van der Waals surface area contributed by atoms with E-state index >= 15 is 0 Å². The van der Waals surface area contributed by atoms with Crippen molar-refractivity contribution in [1.29, 1.82) is 0 Å². The van der Waals surface area contributed by atoms with Crippen LogP contribution in [-0.4, -0.2) is 112 Å². The first kappa shape index (κ1) is 31.5. The first-order chi connectivity index (χ1) is 20.9. The summed E-state index contributed by atoms with van der Waals surface area (Å²) in [4.78, 5) is 26.4. The summed E-state index contributed by atoms with van der Waals surface area (Å²) in [6, 6.07) is 16.8. The molecule has 224 valence electrons. The van der Waals surface area contributed by atoms with E-state index in [0.717, 1.165) is 5.69 Å². The quantitative estimate of drug-likeness (QED) is 0.127. The van der Waals surface area contributed by atoms with Crippen molar-refractivity contribution in [2.75, 3.05) is 45.1 Å². The molecule has 0 unspecified atom stereocenters. The van der Waals surface area contributed by atoms with Crippen LogP contribution in [0.5, 0.6) is 11.6 Å². The van der Waals surface area contributed by atoms with Gasteiger partial charge in [0, 0.05) is 41.9 Å². The maximum absolute atomic E-state index is 13.4. The maximum atomic E-state index is 13.4. The van der Waals surface area contributed by atoms with Crippen molar-refractivity contribution >= 4 is 56.4 Å². The molecule has 0 saturated carbocycles. The van der Waals surface area contributed by atoms with E-state index in [1.165, 1.54) is 24.4 Å². The van der Waals surface area contributed by atoms with Crippen molar-refractivity contribution in [2.45, 2.75) is 4.90 Å². The summed E-state index contributed by atoms with van der Waals surface area (Å²) in [6.07, 6.45) is 1.51. The standard InChI is InChI=1S/C26H25N9O7S.Na.H/c27-25-24(30-41-31-25)26-29-21-17-28-23(16-22(21)35(26)18-5-2-1-3-6-18)40-19-7-4-8-20(15-19)43(37,38)34(42-32-36)10-9-33-11-13-39-14-12-33;;/h1-8,15-17H,9-14H2,(H2,27,31);;. The third-order valence-electron chi connectivity index (χ3n) is 6.68. The summed E-state index contributed by atoms with van der Waals surface area (Å²) in [7, 11) is -4.27. The van der Waals surface area contributed by atoms with Crippen LogP contribution < -0.4 is 10.5 Å². The van der Waals surface area contributed by atoms with Gasteiger partial charge in [-0.15, -0.1) is 4.91 Å². The molecular formula is C26H26N9NaO7S. The fourth-order valence-corrected chi connectivity index (χ4v) is 5.78. The first-order valence-electron chi connectivity index (χ1n) is 13.1. The number of nitrogens with zero attached hydrogens (tertiary/aromatic N) is 8. The molecule has 1 saturated heterocycles. The molecular weight excluding hydrogens is 605 g/mol. The van der Waals surface area contributed by atoms with E-state index < -0.39 is 10.0 Å². The van der Waals surface area contributed by atoms with Gasteiger partial charge in [-0.3, -0.25) is 9.47 Å². The molecule has 0 spiro atoms. The second-order valence-corrected chi connectivity index (χ2v) is 11.2. The number of nitrogen functional groups attached to an aromatic ring is 1. The van der Waals surface area contributed by atoms with E-state index in [1.807, 2.05) is 35.2 Å². The number of nitrogens with two attached hydrogens (primary N) is 1. The van der Waals surface area contributed by atoms with Gasteiger partial charge in [0.25, 0.3) is 10.0 Å². The normalized spacial score (nSPS) is 13.9. The number of rotatable bonds is 11. The number of hydrogen-bond donors (Lipinski definition) is 1. The second kappa shape index (κ2) is 13.8. The van der Waals surface area contributed by atoms with Crippen molar-refractivity contribution in [2.24, 2.45) is 5.34 Å². The summed E-state index contributed by atoms with van der Waals surface area (Å²) in [5.74, 6) is 0.790. The van der Waals surface area contributed by atoms with Crippen LogP contribution in [0.25, 0.3) is 28.2 Å². The number of ether oxygens (including phenoxy) is 2. The molecule has 1 fully saturated rings. The third-order valence-corrected chi connectivity index (χ3v) is 8.31. The summed E-state index contributed by atoms with van der Waals surface area (Å²) in [5, 5.41) is 9.92. The molecule has 16 nitrogen and oxygen atoms in total. The molecule has 6 rings (SSSR count). The monoisotopic (exact) mass is 631 g/mol. The predicted octanol–water partition coefficient (Wildman–Crippen LogP) is 2.13. The first-order valence-corrected chi connectivity index (χ1v) is 14.5.